The molecule has 0 bridgehead atoms. The molecule has 0 aliphatic heterocycles. The van der Waals surface area contributed by atoms with Crippen molar-refractivity contribution >= 4 is 0 Å². The molecule has 1 heterocycles. The van der Waals surface area contributed by atoms with Gasteiger partial charge < -0.3 is 18.7 Å². The second kappa shape index (κ2) is 8.27. The van der Waals surface area contributed by atoms with E-state index in [1.54, 1.807) is 7.11 Å². The monoisotopic (exact) mass is 229 g/mol. The van der Waals surface area contributed by atoms with Gasteiger partial charge in [0.2, 0.25) is 0 Å². The number of nitrogens with zero attached hydrogens (tertiary/aromatic N) is 1. The largest absolute Gasteiger partial charge is 0.385 e. The first-order valence-electron chi connectivity index (χ1n) is 5.39. The molecule has 0 N–H and O–H groups in total. The van der Waals surface area contributed by atoms with Crippen molar-refractivity contribution in [2.45, 2.75) is 20.0 Å². The Morgan fingerprint density at radius 2 is 2.00 bits per heavy atom. The van der Waals surface area contributed by atoms with Gasteiger partial charge in [-0.05, 0) is 13.3 Å². The smallest absolute Gasteiger partial charge is 0.134 e. The molecule has 0 amide bonds. The molecule has 0 saturated carbocycles. The van der Waals surface area contributed by atoms with Crippen LogP contribution in [0.5, 0.6) is 0 Å². The molecule has 0 unspecified atom stereocenters. The Kier molecular flexibility index (Phi) is 6.80. The average molecular weight is 229 g/mol. The van der Waals surface area contributed by atoms with Gasteiger partial charge in [-0.25, -0.2) is 0 Å². The minimum Gasteiger partial charge on any atom is -0.385 e. The Morgan fingerprint density at radius 3 is 2.69 bits per heavy atom. The summed E-state index contributed by atoms with van der Waals surface area (Å²) in [4.78, 5) is 0. The van der Waals surface area contributed by atoms with Crippen molar-refractivity contribution in [3.63, 3.8) is 0 Å². The maximum absolute atomic E-state index is 5.36. The molecule has 5 heteroatoms. The fourth-order valence-electron chi connectivity index (χ4n) is 1.19. The summed E-state index contributed by atoms with van der Waals surface area (Å²) in [5.74, 6) is 0.800. The highest BCUT2D eigenvalue weighted by atomic mass is 16.5. The molecule has 16 heavy (non-hydrogen) atoms. The molecular weight excluding hydrogens is 210 g/mol. The Morgan fingerprint density at radius 1 is 1.19 bits per heavy atom. The lowest BCUT2D eigenvalue weighted by Gasteiger charge is -2.03. The lowest BCUT2D eigenvalue weighted by molar-refractivity contribution is 0.0320. The number of hydrogen-bond donors (Lipinski definition) is 0. The standard InChI is InChI=1S/C11H19NO4/c1-10-8-11(12-16-10)9-15-7-6-14-5-3-4-13-2/h8H,3-7,9H2,1-2H3. The third-order valence-electron chi connectivity index (χ3n) is 1.94. The summed E-state index contributed by atoms with van der Waals surface area (Å²) < 4.78 is 20.5. The topological polar surface area (TPSA) is 53.7 Å². The molecule has 0 aromatic carbocycles. The van der Waals surface area contributed by atoms with E-state index in [1.165, 1.54) is 0 Å². The number of methoxy groups -OCH3 is 1. The van der Waals surface area contributed by atoms with Gasteiger partial charge in [-0.2, -0.15) is 0 Å². The Balaban J connectivity index is 1.88. The van der Waals surface area contributed by atoms with Crippen molar-refractivity contribution in [1.29, 1.82) is 0 Å². The summed E-state index contributed by atoms with van der Waals surface area (Å²) in [5.41, 5.74) is 0.817. The van der Waals surface area contributed by atoms with E-state index >= 15 is 0 Å². The molecule has 0 aliphatic carbocycles. The highest BCUT2D eigenvalue weighted by Crippen LogP contribution is 2.02. The van der Waals surface area contributed by atoms with Gasteiger partial charge >= 0.3 is 0 Å². The van der Waals surface area contributed by atoms with E-state index in [4.69, 9.17) is 18.7 Å². The van der Waals surface area contributed by atoms with Crippen LogP contribution < -0.4 is 0 Å². The molecule has 0 spiro atoms. The SMILES string of the molecule is COCCCOCCOCc1cc(C)on1. The maximum Gasteiger partial charge on any atom is 0.134 e. The molecule has 1 aromatic heterocycles. The van der Waals surface area contributed by atoms with Crippen LogP contribution >= 0.6 is 0 Å². The predicted molar refractivity (Wildman–Crippen MR) is 58.2 cm³/mol. The first-order valence-corrected chi connectivity index (χ1v) is 5.39. The lowest BCUT2D eigenvalue weighted by atomic mass is 10.4. The van der Waals surface area contributed by atoms with Crippen LogP contribution in [0.4, 0.5) is 0 Å². The van der Waals surface area contributed by atoms with Crippen molar-refractivity contribution in [2.75, 3.05) is 33.5 Å². The van der Waals surface area contributed by atoms with Gasteiger partial charge in [0.25, 0.3) is 0 Å². The lowest BCUT2D eigenvalue weighted by Crippen LogP contribution is -2.06. The first kappa shape index (κ1) is 13.2. The van der Waals surface area contributed by atoms with Gasteiger partial charge in [0.05, 0.1) is 19.8 Å². The molecular formula is C11H19NO4. The van der Waals surface area contributed by atoms with Crippen LogP contribution in [0.3, 0.4) is 0 Å². The fourth-order valence-corrected chi connectivity index (χ4v) is 1.19. The minimum absolute atomic E-state index is 0.471. The van der Waals surface area contributed by atoms with E-state index in [0.29, 0.717) is 26.4 Å². The van der Waals surface area contributed by atoms with Gasteiger partial charge in [-0.1, -0.05) is 5.16 Å². The molecule has 0 atom stereocenters. The van der Waals surface area contributed by atoms with Crippen LogP contribution in [0.15, 0.2) is 10.6 Å². The van der Waals surface area contributed by atoms with Crippen LogP contribution in [0, 0.1) is 6.92 Å². The van der Waals surface area contributed by atoms with E-state index in [-0.39, 0.29) is 0 Å². The predicted octanol–water partition coefficient (Wildman–Crippen LogP) is 1.55. The number of aromatic nitrogens is 1. The molecule has 0 aliphatic rings. The van der Waals surface area contributed by atoms with E-state index in [0.717, 1.165) is 24.5 Å². The summed E-state index contributed by atoms with van der Waals surface area (Å²) in [6, 6.07) is 1.86. The minimum atomic E-state index is 0.471. The molecule has 1 rings (SSSR count). The van der Waals surface area contributed by atoms with Crippen LogP contribution in [0.25, 0.3) is 0 Å². The van der Waals surface area contributed by atoms with Crippen molar-refractivity contribution in [1.82, 2.24) is 5.16 Å². The van der Waals surface area contributed by atoms with E-state index in [1.807, 2.05) is 13.0 Å². The van der Waals surface area contributed by atoms with Crippen LogP contribution in [-0.2, 0) is 20.8 Å². The van der Waals surface area contributed by atoms with Crippen LogP contribution in [0.2, 0.25) is 0 Å². The molecule has 92 valence electrons. The van der Waals surface area contributed by atoms with Gasteiger partial charge in [0.1, 0.15) is 11.5 Å². The average Bonchev–Trinajstić information content (AvgIpc) is 2.68. The van der Waals surface area contributed by atoms with Crippen molar-refractivity contribution in [3.8, 4) is 0 Å². The summed E-state index contributed by atoms with van der Waals surface area (Å²) >= 11 is 0. The van der Waals surface area contributed by atoms with Crippen molar-refractivity contribution in [2.24, 2.45) is 0 Å². The number of rotatable bonds is 9. The number of aryl methyl sites for hydroxylation is 1. The van der Waals surface area contributed by atoms with E-state index in [9.17, 15) is 0 Å². The fraction of sp³-hybridized carbons (Fsp3) is 0.727. The van der Waals surface area contributed by atoms with Crippen LogP contribution in [0.1, 0.15) is 17.9 Å². The molecule has 0 fully saturated rings. The normalized spacial score (nSPS) is 10.9. The Bertz CT molecular complexity index is 275. The zero-order valence-corrected chi connectivity index (χ0v) is 9.90. The molecule has 0 radical (unpaired) electrons. The third-order valence-corrected chi connectivity index (χ3v) is 1.94. The molecule has 1 aromatic rings. The zero-order valence-electron chi connectivity index (χ0n) is 9.90. The number of ether oxygens (including phenoxy) is 3. The Hall–Kier alpha value is -0.910. The van der Waals surface area contributed by atoms with Gasteiger partial charge in [-0.3, -0.25) is 0 Å². The molecule has 0 saturated heterocycles. The van der Waals surface area contributed by atoms with Crippen molar-refractivity contribution in [3.05, 3.63) is 17.5 Å². The first-order chi connectivity index (χ1) is 7.83. The second-order valence-corrected chi connectivity index (χ2v) is 3.44. The number of hydrogen-bond acceptors (Lipinski definition) is 5. The van der Waals surface area contributed by atoms with E-state index in [2.05, 4.69) is 5.16 Å². The summed E-state index contributed by atoms with van der Waals surface area (Å²) in [6.45, 7) is 4.94. The quantitative estimate of drug-likeness (QED) is 0.601. The Labute approximate surface area is 95.7 Å². The zero-order chi connectivity index (χ0) is 11.6. The second-order valence-electron chi connectivity index (χ2n) is 3.44. The highest BCUT2D eigenvalue weighted by molar-refractivity contribution is 5.01. The van der Waals surface area contributed by atoms with Gasteiger partial charge in [0.15, 0.2) is 0 Å². The summed E-state index contributed by atoms with van der Waals surface area (Å²) in [5, 5.41) is 3.82. The summed E-state index contributed by atoms with van der Waals surface area (Å²) in [6.07, 6.45) is 0.916. The van der Waals surface area contributed by atoms with Gasteiger partial charge in [-0.15, -0.1) is 0 Å². The summed E-state index contributed by atoms with van der Waals surface area (Å²) in [7, 11) is 1.68. The third kappa shape index (κ3) is 5.85. The highest BCUT2D eigenvalue weighted by Gasteiger charge is 1.99. The molecule has 5 nitrogen and oxygen atoms in total. The van der Waals surface area contributed by atoms with Crippen molar-refractivity contribution < 1.29 is 18.7 Å². The van der Waals surface area contributed by atoms with Gasteiger partial charge in [0, 0.05) is 26.4 Å². The van der Waals surface area contributed by atoms with E-state index < -0.39 is 0 Å². The maximum atomic E-state index is 5.36. The van der Waals surface area contributed by atoms with Crippen LogP contribution in [-0.4, -0.2) is 38.7 Å².